The molecule has 0 unspecified atom stereocenters. The predicted octanol–water partition coefficient (Wildman–Crippen LogP) is 2.49. The zero-order valence-corrected chi connectivity index (χ0v) is 9.74. The number of thioether (sulfide) groups is 1. The molecule has 1 aromatic rings. The van der Waals surface area contributed by atoms with Crippen molar-refractivity contribution in [2.45, 2.75) is 11.8 Å². The summed E-state index contributed by atoms with van der Waals surface area (Å²) in [4.78, 5) is 22.3. The highest BCUT2D eigenvalue weighted by atomic mass is 32.2. The van der Waals surface area contributed by atoms with E-state index in [4.69, 9.17) is 0 Å². The first kappa shape index (κ1) is 12.5. The highest BCUT2D eigenvalue weighted by Gasteiger charge is 2.21. The lowest BCUT2D eigenvalue weighted by atomic mass is 10.2. The summed E-state index contributed by atoms with van der Waals surface area (Å²) in [6.07, 6.45) is 0. The van der Waals surface area contributed by atoms with Gasteiger partial charge in [0, 0.05) is 11.0 Å². The molecule has 0 saturated carbocycles. The molecule has 1 rings (SSSR count). The zero-order chi connectivity index (χ0) is 12.1. The Morgan fingerprint density at radius 2 is 2.25 bits per heavy atom. The van der Waals surface area contributed by atoms with Crippen LogP contribution in [0, 0.1) is 10.1 Å². The van der Waals surface area contributed by atoms with Crippen molar-refractivity contribution >= 4 is 23.4 Å². The Hall–Kier alpha value is -1.56. The molecule has 0 aliphatic carbocycles. The maximum absolute atomic E-state index is 11.4. The van der Waals surface area contributed by atoms with Crippen molar-refractivity contribution in [3.8, 4) is 0 Å². The molecule has 0 aliphatic rings. The van der Waals surface area contributed by atoms with E-state index in [-0.39, 0.29) is 11.3 Å². The topological polar surface area (TPSA) is 69.4 Å². The van der Waals surface area contributed by atoms with Gasteiger partial charge < -0.3 is 4.74 Å². The summed E-state index contributed by atoms with van der Waals surface area (Å²) < 4.78 is 4.51. The van der Waals surface area contributed by atoms with Crippen LogP contribution in [0.1, 0.15) is 17.3 Å². The minimum absolute atomic E-state index is 0.00838. The van der Waals surface area contributed by atoms with Crippen molar-refractivity contribution < 1.29 is 14.5 Å². The highest BCUT2D eigenvalue weighted by Crippen LogP contribution is 2.26. The predicted molar refractivity (Wildman–Crippen MR) is 60.8 cm³/mol. The van der Waals surface area contributed by atoms with E-state index in [2.05, 4.69) is 4.74 Å². The average molecular weight is 241 g/mol. The molecule has 6 heteroatoms. The molecule has 0 aromatic heterocycles. The fourth-order valence-corrected chi connectivity index (χ4v) is 1.90. The van der Waals surface area contributed by atoms with E-state index in [1.807, 2.05) is 6.92 Å². The van der Waals surface area contributed by atoms with Crippen LogP contribution in [-0.4, -0.2) is 23.8 Å². The number of benzene rings is 1. The van der Waals surface area contributed by atoms with E-state index < -0.39 is 10.9 Å². The minimum atomic E-state index is -0.690. The molecule has 0 fully saturated rings. The van der Waals surface area contributed by atoms with E-state index in [1.165, 1.54) is 31.0 Å². The fraction of sp³-hybridized carbons (Fsp3) is 0.300. The molecule has 0 saturated heterocycles. The van der Waals surface area contributed by atoms with Gasteiger partial charge in [0.25, 0.3) is 5.69 Å². The highest BCUT2D eigenvalue weighted by molar-refractivity contribution is 7.99. The largest absolute Gasteiger partial charge is 0.465 e. The van der Waals surface area contributed by atoms with Gasteiger partial charge in [-0.1, -0.05) is 6.92 Å². The maximum Gasteiger partial charge on any atom is 0.344 e. The Bertz CT molecular complexity index is 419. The van der Waals surface area contributed by atoms with E-state index in [0.717, 1.165) is 10.6 Å². The van der Waals surface area contributed by atoms with Crippen molar-refractivity contribution in [3.05, 3.63) is 33.9 Å². The average Bonchev–Trinajstić information content (AvgIpc) is 2.28. The molecule has 1 aromatic carbocycles. The van der Waals surface area contributed by atoms with Gasteiger partial charge in [0.05, 0.1) is 12.0 Å². The Morgan fingerprint density at radius 3 is 2.75 bits per heavy atom. The standard InChI is InChI=1S/C10H11NO4S/c1-3-16-7-4-5-9(11(13)14)8(6-7)10(12)15-2/h4-6H,3H2,1-2H3. The molecular weight excluding hydrogens is 230 g/mol. The summed E-state index contributed by atoms with van der Waals surface area (Å²) in [5, 5.41) is 10.7. The molecule has 16 heavy (non-hydrogen) atoms. The van der Waals surface area contributed by atoms with Crippen molar-refractivity contribution in [1.82, 2.24) is 0 Å². The lowest BCUT2D eigenvalue weighted by Gasteiger charge is -2.03. The number of nitro groups is 1. The number of ether oxygens (including phenoxy) is 1. The number of nitro benzene ring substituents is 1. The number of methoxy groups -OCH3 is 1. The van der Waals surface area contributed by atoms with Crippen LogP contribution in [0.5, 0.6) is 0 Å². The van der Waals surface area contributed by atoms with Crippen LogP contribution in [0.2, 0.25) is 0 Å². The first-order valence-electron chi connectivity index (χ1n) is 4.59. The Labute approximate surface area is 96.9 Å². The molecule has 0 aliphatic heterocycles. The molecular formula is C10H11NO4S. The third-order valence-electron chi connectivity index (χ3n) is 1.88. The first-order valence-corrected chi connectivity index (χ1v) is 5.58. The molecule has 0 radical (unpaired) electrons. The van der Waals surface area contributed by atoms with Crippen molar-refractivity contribution in [2.24, 2.45) is 0 Å². The summed E-state index contributed by atoms with van der Waals surface area (Å²) in [5.41, 5.74) is -0.238. The lowest BCUT2D eigenvalue weighted by Crippen LogP contribution is -2.05. The van der Waals surface area contributed by atoms with E-state index in [0.29, 0.717) is 0 Å². The summed E-state index contributed by atoms with van der Waals surface area (Å²) in [6.45, 7) is 1.96. The van der Waals surface area contributed by atoms with Gasteiger partial charge in [-0.25, -0.2) is 4.79 Å². The summed E-state index contributed by atoms with van der Waals surface area (Å²) >= 11 is 1.51. The van der Waals surface area contributed by atoms with Gasteiger partial charge in [0.2, 0.25) is 0 Å². The number of rotatable bonds is 4. The summed E-state index contributed by atoms with van der Waals surface area (Å²) in [6, 6.07) is 4.43. The minimum Gasteiger partial charge on any atom is -0.465 e. The Kier molecular flexibility index (Phi) is 4.30. The number of carbonyl (C=O) groups is 1. The second kappa shape index (κ2) is 5.50. The number of hydrogen-bond acceptors (Lipinski definition) is 5. The monoisotopic (exact) mass is 241 g/mol. The number of carbonyl (C=O) groups excluding carboxylic acids is 1. The smallest absolute Gasteiger partial charge is 0.344 e. The van der Waals surface area contributed by atoms with E-state index in [9.17, 15) is 14.9 Å². The van der Waals surface area contributed by atoms with Gasteiger partial charge in [-0.3, -0.25) is 10.1 Å². The van der Waals surface area contributed by atoms with Crippen LogP contribution >= 0.6 is 11.8 Å². The van der Waals surface area contributed by atoms with Crippen LogP contribution in [0.15, 0.2) is 23.1 Å². The number of nitrogens with zero attached hydrogens (tertiary/aromatic N) is 1. The summed E-state index contributed by atoms with van der Waals surface area (Å²) in [5.74, 6) is 0.142. The molecule has 0 spiro atoms. The van der Waals surface area contributed by atoms with Gasteiger partial charge >= 0.3 is 5.97 Å². The SMILES string of the molecule is CCSc1ccc([N+](=O)[O-])c(C(=O)OC)c1. The summed E-state index contributed by atoms with van der Waals surface area (Å²) in [7, 11) is 1.20. The van der Waals surface area contributed by atoms with Gasteiger partial charge in [-0.05, 0) is 17.9 Å². The second-order valence-corrected chi connectivity index (χ2v) is 4.20. The maximum atomic E-state index is 11.4. The zero-order valence-electron chi connectivity index (χ0n) is 8.93. The molecule has 86 valence electrons. The molecule has 0 amide bonds. The molecule has 5 nitrogen and oxygen atoms in total. The second-order valence-electron chi connectivity index (χ2n) is 2.86. The van der Waals surface area contributed by atoms with Gasteiger partial charge in [0.1, 0.15) is 5.56 Å². The van der Waals surface area contributed by atoms with Crippen LogP contribution in [0.4, 0.5) is 5.69 Å². The van der Waals surface area contributed by atoms with Crippen molar-refractivity contribution in [3.63, 3.8) is 0 Å². The van der Waals surface area contributed by atoms with Crippen LogP contribution in [0.3, 0.4) is 0 Å². The normalized spacial score (nSPS) is 9.88. The Balaban J connectivity index is 3.21. The van der Waals surface area contributed by atoms with Gasteiger partial charge in [0.15, 0.2) is 0 Å². The van der Waals surface area contributed by atoms with Crippen LogP contribution in [-0.2, 0) is 4.74 Å². The Morgan fingerprint density at radius 1 is 1.56 bits per heavy atom. The molecule has 0 atom stereocenters. The third kappa shape index (κ3) is 2.73. The van der Waals surface area contributed by atoms with Gasteiger partial charge in [-0.2, -0.15) is 0 Å². The molecule has 0 bridgehead atoms. The number of esters is 1. The van der Waals surface area contributed by atoms with Crippen molar-refractivity contribution in [2.75, 3.05) is 12.9 Å². The number of hydrogen-bond donors (Lipinski definition) is 0. The van der Waals surface area contributed by atoms with Crippen molar-refractivity contribution in [1.29, 1.82) is 0 Å². The third-order valence-corrected chi connectivity index (χ3v) is 2.76. The van der Waals surface area contributed by atoms with E-state index in [1.54, 1.807) is 6.07 Å². The molecule has 0 N–H and O–H groups in total. The molecule has 0 heterocycles. The first-order chi connectivity index (χ1) is 7.60. The van der Waals surface area contributed by atoms with Gasteiger partial charge in [-0.15, -0.1) is 11.8 Å². The van der Waals surface area contributed by atoms with Crippen LogP contribution < -0.4 is 0 Å². The van der Waals surface area contributed by atoms with E-state index >= 15 is 0 Å². The van der Waals surface area contributed by atoms with Crippen LogP contribution in [0.25, 0.3) is 0 Å². The quantitative estimate of drug-likeness (QED) is 0.350. The lowest BCUT2D eigenvalue weighted by molar-refractivity contribution is -0.385. The fourth-order valence-electron chi connectivity index (χ4n) is 1.20.